The van der Waals surface area contributed by atoms with Crippen molar-refractivity contribution in [3.05, 3.63) is 77.0 Å². The highest BCUT2D eigenvalue weighted by Gasteiger charge is 2.49. The molecule has 3 aromatic carbocycles. The van der Waals surface area contributed by atoms with Crippen LogP contribution in [0.5, 0.6) is 11.8 Å². The molecule has 1 unspecified atom stereocenters. The van der Waals surface area contributed by atoms with Gasteiger partial charge in [0.05, 0.1) is 17.6 Å². The molecule has 5 aliphatic heterocycles. The number of halogens is 2. The van der Waals surface area contributed by atoms with Gasteiger partial charge in [0, 0.05) is 99.9 Å². The van der Waals surface area contributed by atoms with Crippen LogP contribution in [0.15, 0.2) is 48.7 Å². The number of likely N-dealkylation sites (tertiary alicyclic amines) is 1. The van der Waals surface area contributed by atoms with Crippen LogP contribution in [0, 0.1) is 22.5 Å². The minimum Gasteiger partial charge on any atom is -0.468 e. The van der Waals surface area contributed by atoms with Gasteiger partial charge < -0.3 is 38.9 Å². The molecule has 7 aliphatic rings. The van der Waals surface area contributed by atoms with Gasteiger partial charge in [-0.05, 0) is 168 Å². The number of pyridine rings is 1. The average molecular weight is 1070 g/mol. The van der Waals surface area contributed by atoms with E-state index in [1.54, 1.807) is 29.3 Å². The summed E-state index contributed by atoms with van der Waals surface area (Å²) >= 11 is 0. The Kier molecular flexibility index (Phi) is 13.9. The molecule has 0 radical (unpaired) electrons. The van der Waals surface area contributed by atoms with Gasteiger partial charge >= 0.3 is 6.01 Å². The molecule has 2 aromatic heterocycles. The monoisotopic (exact) mass is 1070 g/mol. The fourth-order valence-corrected chi connectivity index (χ4v) is 13.9. The van der Waals surface area contributed by atoms with Gasteiger partial charge in [0.2, 0.25) is 11.8 Å². The number of rotatable bonds is 14. The number of aromatic nitrogens is 3. The number of fused-ring (bicyclic) bond motifs is 3. The molecule has 12 rings (SSSR count). The molecule has 5 aromatic rings. The highest BCUT2D eigenvalue weighted by Crippen LogP contribution is 2.52. The number of anilines is 2. The average Bonchev–Trinajstić information content (AvgIpc) is 4.27. The lowest BCUT2D eigenvalue weighted by Crippen LogP contribution is -2.58. The topological polar surface area (TPSA) is 166 Å². The molecule has 4 saturated heterocycles. The molecule has 2 N–H and O–H groups in total. The van der Waals surface area contributed by atoms with Gasteiger partial charge in [-0.3, -0.25) is 29.6 Å². The molecule has 1 spiro atoms. The van der Waals surface area contributed by atoms with Gasteiger partial charge in [0.1, 0.15) is 34.6 Å². The number of methoxy groups -OCH3 is 1. The molecule has 7 heterocycles. The SMILES string of the molecule is CCc1c(F)ccc2cc(OCOC)cc(-c3ncc4c(N5CCC[C@@](C)(O)C5)nc(OCC5(CN6CCC7(CC6)CCC(C)(N6CCN(c8ccc9c(c8)CN(C8CCC(=O)NC8=O)C9=O)CC6)CC7)CC5)nc4c3F)c12. The predicted octanol–water partition coefficient (Wildman–Crippen LogP) is 8.18. The molecule has 6 fully saturated rings. The Balaban J connectivity index is 0.687. The van der Waals surface area contributed by atoms with E-state index < -0.39 is 17.5 Å². The number of hydrogen-bond acceptors (Lipinski definition) is 14. The second-order valence-electron chi connectivity index (χ2n) is 24.3. The summed E-state index contributed by atoms with van der Waals surface area (Å²) in [5.74, 6) is -0.973. The van der Waals surface area contributed by atoms with E-state index in [9.17, 15) is 19.5 Å². The van der Waals surface area contributed by atoms with Crippen LogP contribution < -0.4 is 24.6 Å². The first-order valence-electron chi connectivity index (χ1n) is 28.4. The van der Waals surface area contributed by atoms with Crippen LogP contribution in [-0.2, 0) is 27.3 Å². The lowest BCUT2D eigenvalue weighted by Gasteiger charge is -2.54. The number of carbonyl (C=O) groups excluding carboxylic acids is 3. The van der Waals surface area contributed by atoms with Gasteiger partial charge in [-0.15, -0.1) is 0 Å². The molecule has 2 aliphatic carbocycles. The van der Waals surface area contributed by atoms with Crippen molar-refractivity contribution >= 4 is 50.9 Å². The zero-order chi connectivity index (χ0) is 54.1. The van der Waals surface area contributed by atoms with Crippen molar-refractivity contribution in [1.29, 1.82) is 0 Å². The van der Waals surface area contributed by atoms with E-state index in [2.05, 4.69) is 33.0 Å². The third-order valence-electron chi connectivity index (χ3n) is 19.0. The number of nitrogens with zero attached hydrogens (tertiary/aromatic N) is 8. The first-order valence-corrected chi connectivity index (χ1v) is 28.4. The van der Waals surface area contributed by atoms with E-state index in [1.807, 2.05) is 30.9 Å². The van der Waals surface area contributed by atoms with Crippen LogP contribution in [0.4, 0.5) is 20.3 Å². The maximum absolute atomic E-state index is 17.5. The Morgan fingerprint density at radius 2 is 1.62 bits per heavy atom. The highest BCUT2D eigenvalue weighted by atomic mass is 19.1. The number of aryl methyl sites for hydroxylation is 1. The fraction of sp³-hybridized carbons (Fsp3) is 0.567. The Morgan fingerprint density at radius 1 is 0.833 bits per heavy atom. The van der Waals surface area contributed by atoms with Crippen LogP contribution in [0.25, 0.3) is 32.9 Å². The van der Waals surface area contributed by atoms with Gasteiger partial charge in [-0.25, -0.2) is 8.78 Å². The van der Waals surface area contributed by atoms with Crippen LogP contribution in [0.2, 0.25) is 0 Å². The lowest BCUT2D eigenvalue weighted by atomic mass is 9.63. The summed E-state index contributed by atoms with van der Waals surface area (Å²) in [5.41, 5.74) is 3.09. The van der Waals surface area contributed by atoms with E-state index in [0.29, 0.717) is 95.3 Å². The maximum Gasteiger partial charge on any atom is 0.319 e. The molecule has 78 heavy (non-hydrogen) atoms. The van der Waals surface area contributed by atoms with Crippen molar-refractivity contribution in [2.75, 3.05) is 89.2 Å². The van der Waals surface area contributed by atoms with Crippen LogP contribution in [0.1, 0.15) is 119 Å². The summed E-state index contributed by atoms with van der Waals surface area (Å²) in [6.07, 6.45) is 13.2. The molecule has 2 atom stereocenters. The number of benzene rings is 3. The molecule has 2 saturated carbocycles. The van der Waals surface area contributed by atoms with Crippen LogP contribution in [-0.4, -0.2) is 149 Å². The Hall–Kier alpha value is -6.08. The quantitative estimate of drug-likeness (QED) is 0.0808. The summed E-state index contributed by atoms with van der Waals surface area (Å²) in [4.78, 5) is 63.5. The molecule has 16 nitrogen and oxygen atoms in total. The van der Waals surface area contributed by atoms with Gasteiger partial charge in [-0.1, -0.05) is 13.0 Å². The van der Waals surface area contributed by atoms with Gasteiger partial charge in [-0.2, -0.15) is 9.97 Å². The van der Waals surface area contributed by atoms with Crippen molar-refractivity contribution < 1.29 is 42.5 Å². The minimum atomic E-state index is -0.964. The van der Waals surface area contributed by atoms with Crippen LogP contribution in [0.3, 0.4) is 0 Å². The predicted molar refractivity (Wildman–Crippen MR) is 293 cm³/mol. The number of β-amino-alcohol motifs (C(OH)–C–C–N with tert-alkyl or cyclic N) is 1. The number of piperazine rings is 1. The normalized spacial score (nSPS) is 24.3. The number of ether oxygens (including phenoxy) is 3. The summed E-state index contributed by atoms with van der Waals surface area (Å²) < 4.78 is 50.5. The third-order valence-corrected chi connectivity index (χ3v) is 19.0. The Labute approximate surface area is 454 Å². The number of aliphatic hydroxyl groups is 1. The lowest BCUT2D eigenvalue weighted by molar-refractivity contribution is -0.136. The number of piperidine rings is 3. The molecular weight excluding hydrogens is 997 g/mol. The number of imide groups is 1. The molecule has 414 valence electrons. The standard InChI is InChI=1S/C60H73F2N9O7/c1-5-42-46(61)10-7-38-30-41(78-37-76-4)31-44(49(38)42)51-50(62)52-45(32-63-51)53(69-22-6-13-58(3,75)34-69)66-56(65-52)77-36-60(18-19-60)35-67-23-20-59(21-24-67)16-14-57(2,15-17-59)70-27-25-68(26-28-70)40-8-9-43-39(29-40)33-71(55(43)74)47-11-12-48(72)64-54(47)73/h7-10,29-32,47,75H,5-6,11-28,33-37H2,1-4H3,(H,64,72,73)/t47?,58-/m1/s1. The highest BCUT2D eigenvalue weighted by molar-refractivity contribution is 6.06. The van der Waals surface area contributed by atoms with Crippen molar-refractivity contribution in [2.45, 2.75) is 128 Å². The fourth-order valence-electron chi connectivity index (χ4n) is 13.9. The van der Waals surface area contributed by atoms with Gasteiger partial charge in [0.25, 0.3) is 5.91 Å². The number of carbonyl (C=O) groups is 3. The number of hydrogen-bond donors (Lipinski definition) is 2. The largest absolute Gasteiger partial charge is 0.468 e. The van der Waals surface area contributed by atoms with Crippen molar-refractivity contribution in [3.63, 3.8) is 0 Å². The van der Waals surface area contributed by atoms with E-state index >= 15 is 8.78 Å². The van der Waals surface area contributed by atoms with Crippen molar-refractivity contribution in [2.24, 2.45) is 10.8 Å². The molecule has 18 heteroatoms. The van der Waals surface area contributed by atoms with E-state index in [0.717, 1.165) is 76.3 Å². The van der Waals surface area contributed by atoms with E-state index in [1.165, 1.54) is 51.7 Å². The summed E-state index contributed by atoms with van der Waals surface area (Å²) in [7, 11) is 1.52. The second-order valence-corrected chi connectivity index (χ2v) is 24.3. The Morgan fingerprint density at radius 3 is 2.33 bits per heavy atom. The Bertz CT molecular complexity index is 3160. The first-order chi connectivity index (χ1) is 37.5. The first kappa shape index (κ1) is 52.6. The third kappa shape index (κ3) is 10.0. The molecule has 0 bridgehead atoms. The number of nitrogens with one attached hydrogen (secondary N) is 1. The van der Waals surface area contributed by atoms with Crippen LogP contribution >= 0.6 is 0 Å². The number of amides is 3. The summed E-state index contributed by atoms with van der Waals surface area (Å²) in [6.45, 7) is 14.7. The van der Waals surface area contributed by atoms with Crippen molar-refractivity contribution in [3.8, 4) is 23.0 Å². The molecule has 3 amide bonds. The van der Waals surface area contributed by atoms with E-state index in [4.69, 9.17) is 29.2 Å². The maximum atomic E-state index is 17.5. The summed E-state index contributed by atoms with van der Waals surface area (Å²) in [6, 6.07) is 12.1. The van der Waals surface area contributed by atoms with Gasteiger partial charge in [0.15, 0.2) is 12.6 Å². The smallest absolute Gasteiger partial charge is 0.319 e. The van der Waals surface area contributed by atoms with Crippen molar-refractivity contribution in [1.82, 2.24) is 35.0 Å². The zero-order valence-corrected chi connectivity index (χ0v) is 45.6. The second kappa shape index (κ2) is 20.5. The zero-order valence-electron chi connectivity index (χ0n) is 45.6. The summed E-state index contributed by atoms with van der Waals surface area (Å²) in [5, 5.41) is 15.2. The van der Waals surface area contributed by atoms with E-state index in [-0.39, 0.29) is 64.9 Å². The molecular formula is C60H73F2N9O7. The minimum absolute atomic E-state index is 0.0105.